The van der Waals surface area contributed by atoms with E-state index in [-0.39, 0.29) is 17.5 Å². The molecule has 2 atom stereocenters. The van der Waals surface area contributed by atoms with Crippen LogP contribution < -0.4 is 5.32 Å². The fourth-order valence-corrected chi connectivity index (χ4v) is 2.72. The second kappa shape index (κ2) is 6.13. The van der Waals surface area contributed by atoms with Gasteiger partial charge in [0.2, 0.25) is 0 Å². The molecular formula is C15H20N2O3. The van der Waals surface area contributed by atoms with Gasteiger partial charge in [-0.05, 0) is 26.7 Å². The Bertz CT molecular complexity index is 528. The first-order valence-corrected chi connectivity index (χ1v) is 7.01. The summed E-state index contributed by atoms with van der Waals surface area (Å²) in [6.45, 7) is 3.80. The number of nitrogens with zero attached hydrogens (tertiary/aromatic N) is 1. The van der Waals surface area contributed by atoms with Crippen molar-refractivity contribution in [3.8, 4) is 0 Å². The van der Waals surface area contributed by atoms with Crippen LogP contribution in [-0.4, -0.2) is 22.8 Å². The molecule has 0 amide bonds. The summed E-state index contributed by atoms with van der Waals surface area (Å²) >= 11 is 0. The highest BCUT2D eigenvalue weighted by molar-refractivity contribution is 5.97. The average Bonchev–Trinajstić information content (AvgIpc) is 2.38. The summed E-state index contributed by atoms with van der Waals surface area (Å²) in [7, 11) is 0. The van der Waals surface area contributed by atoms with E-state index in [0.717, 1.165) is 19.3 Å². The highest BCUT2D eigenvalue weighted by atomic mass is 16.6. The SMILES string of the molecule is Cc1ccc(C(=O)CC2CCCC(C)N2)cc1[N+](=O)[O-]. The fourth-order valence-electron chi connectivity index (χ4n) is 2.72. The van der Waals surface area contributed by atoms with Gasteiger partial charge in [0.1, 0.15) is 0 Å². The van der Waals surface area contributed by atoms with E-state index in [2.05, 4.69) is 12.2 Å². The summed E-state index contributed by atoms with van der Waals surface area (Å²) in [6, 6.07) is 5.34. The Morgan fingerprint density at radius 2 is 2.20 bits per heavy atom. The van der Waals surface area contributed by atoms with Gasteiger partial charge in [-0.2, -0.15) is 0 Å². The highest BCUT2D eigenvalue weighted by Gasteiger charge is 2.22. The van der Waals surface area contributed by atoms with Crippen LogP contribution in [0, 0.1) is 17.0 Å². The largest absolute Gasteiger partial charge is 0.311 e. The Kier molecular flexibility index (Phi) is 4.49. The van der Waals surface area contributed by atoms with Crippen LogP contribution in [0.1, 0.15) is 48.5 Å². The molecule has 0 saturated carbocycles. The summed E-state index contributed by atoms with van der Waals surface area (Å²) in [4.78, 5) is 22.7. The Hall–Kier alpha value is -1.75. The van der Waals surface area contributed by atoms with E-state index >= 15 is 0 Å². The number of nitro benzene ring substituents is 1. The van der Waals surface area contributed by atoms with Gasteiger partial charge in [-0.1, -0.05) is 18.6 Å². The van der Waals surface area contributed by atoms with Crippen molar-refractivity contribution in [3.05, 3.63) is 39.4 Å². The standard InChI is InChI=1S/C15H20N2O3/c1-10-6-7-12(8-14(10)17(19)20)15(18)9-13-5-3-4-11(2)16-13/h6-8,11,13,16H,3-5,9H2,1-2H3. The zero-order chi connectivity index (χ0) is 14.7. The lowest BCUT2D eigenvalue weighted by Crippen LogP contribution is -2.41. The molecule has 0 bridgehead atoms. The van der Waals surface area contributed by atoms with Crippen molar-refractivity contribution in [2.75, 3.05) is 0 Å². The Morgan fingerprint density at radius 1 is 1.45 bits per heavy atom. The predicted molar refractivity (Wildman–Crippen MR) is 77.0 cm³/mol. The molecule has 1 aromatic carbocycles. The van der Waals surface area contributed by atoms with Crippen molar-refractivity contribution in [3.63, 3.8) is 0 Å². The third kappa shape index (κ3) is 3.42. The molecule has 5 nitrogen and oxygen atoms in total. The van der Waals surface area contributed by atoms with Gasteiger partial charge in [0.15, 0.2) is 5.78 Å². The first kappa shape index (κ1) is 14.7. The number of aryl methyl sites for hydroxylation is 1. The van der Waals surface area contributed by atoms with Gasteiger partial charge in [0.25, 0.3) is 5.69 Å². The molecular weight excluding hydrogens is 256 g/mol. The molecule has 5 heteroatoms. The molecule has 0 radical (unpaired) electrons. The van der Waals surface area contributed by atoms with Crippen LogP contribution >= 0.6 is 0 Å². The van der Waals surface area contributed by atoms with Crippen molar-refractivity contribution < 1.29 is 9.72 Å². The van der Waals surface area contributed by atoms with Gasteiger partial charge in [-0.3, -0.25) is 14.9 Å². The van der Waals surface area contributed by atoms with E-state index in [4.69, 9.17) is 0 Å². The molecule has 2 rings (SSSR count). The minimum atomic E-state index is -0.437. The number of carbonyl (C=O) groups excluding carboxylic acids is 1. The summed E-state index contributed by atoms with van der Waals surface area (Å²) in [5, 5.41) is 14.3. The maximum absolute atomic E-state index is 12.2. The topological polar surface area (TPSA) is 72.2 Å². The fraction of sp³-hybridized carbons (Fsp3) is 0.533. The number of nitro groups is 1. The molecule has 1 aliphatic rings. The van der Waals surface area contributed by atoms with Crippen LogP contribution in [0.3, 0.4) is 0 Å². The van der Waals surface area contributed by atoms with E-state index in [0.29, 0.717) is 23.6 Å². The number of benzene rings is 1. The Morgan fingerprint density at radius 3 is 2.85 bits per heavy atom. The van der Waals surface area contributed by atoms with Gasteiger partial charge < -0.3 is 5.32 Å². The normalized spacial score (nSPS) is 22.5. The number of piperidine rings is 1. The Balaban J connectivity index is 2.09. The number of Topliss-reactive ketones (excluding diaryl/α,β-unsaturated/α-hetero) is 1. The zero-order valence-corrected chi connectivity index (χ0v) is 11.9. The van der Waals surface area contributed by atoms with Crippen LogP contribution in [0.2, 0.25) is 0 Å². The maximum Gasteiger partial charge on any atom is 0.273 e. The molecule has 1 heterocycles. The van der Waals surface area contributed by atoms with E-state index in [1.165, 1.54) is 6.07 Å². The van der Waals surface area contributed by atoms with E-state index in [1.54, 1.807) is 19.1 Å². The summed E-state index contributed by atoms with van der Waals surface area (Å²) in [6.07, 6.45) is 3.66. The smallest absolute Gasteiger partial charge is 0.273 e. The Labute approximate surface area is 118 Å². The predicted octanol–water partition coefficient (Wildman–Crippen LogP) is 3.01. The van der Waals surface area contributed by atoms with Gasteiger partial charge in [-0.25, -0.2) is 0 Å². The number of hydrogen-bond acceptors (Lipinski definition) is 4. The van der Waals surface area contributed by atoms with Crippen molar-refractivity contribution in [1.29, 1.82) is 0 Å². The number of carbonyl (C=O) groups is 1. The monoisotopic (exact) mass is 276 g/mol. The van der Waals surface area contributed by atoms with Gasteiger partial charge in [-0.15, -0.1) is 0 Å². The first-order chi connectivity index (χ1) is 9.47. The van der Waals surface area contributed by atoms with Crippen LogP contribution in [0.5, 0.6) is 0 Å². The molecule has 0 aliphatic carbocycles. The summed E-state index contributed by atoms with van der Waals surface area (Å²) < 4.78 is 0. The minimum absolute atomic E-state index is 0.0146. The third-order valence-corrected chi connectivity index (χ3v) is 3.87. The number of rotatable bonds is 4. The van der Waals surface area contributed by atoms with Gasteiger partial charge in [0, 0.05) is 35.7 Å². The van der Waals surface area contributed by atoms with Crippen LogP contribution in [-0.2, 0) is 0 Å². The molecule has 2 unspecified atom stereocenters. The van der Waals surface area contributed by atoms with Crippen LogP contribution in [0.15, 0.2) is 18.2 Å². The number of ketones is 1. The minimum Gasteiger partial charge on any atom is -0.311 e. The molecule has 108 valence electrons. The molecule has 1 N–H and O–H groups in total. The van der Waals surface area contributed by atoms with Gasteiger partial charge >= 0.3 is 0 Å². The zero-order valence-electron chi connectivity index (χ0n) is 11.9. The first-order valence-electron chi connectivity index (χ1n) is 7.01. The average molecular weight is 276 g/mol. The van der Waals surface area contributed by atoms with E-state index < -0.39 is 4.92 Å². The second-order valence-electron chi connectivity index (χ2n) is 5.58. The lowest BCUT2D eigenvalue weighted by Gasteiger charge is -2.28. The van der Waals surface area contributed by atoms with Crippen molar-refractivity contribution in [2.45, 2.75) is 51.6 Å². The molecule has 1 aromatic rings. The molecule has 1 fully saturated rings. The van der Waals surface area contributed by atoms with Crippen molar-refractivity contribution in [1.82, 2.24) is 5.32 Å². The highest BCUT2D eigenvalue weighted by Crippen LogP contribution is 2.22. The number of hydrogen-bond donors (Lipinski definition) is 1. The number of nitrogens with one attached hydrogen (secondary N) is 1. The lowest BCUT2D eigenvalue weighted by molar-refractivity contribution is -0.385. The van der Waals surface area contributed by atoms with Crippen LogP contribution in [0.4, 0.5) is 5.69 Å². The van der Waals surface area contributed by atoms with Crippen molar-refractivity contribution >= 4 is 11.5 Å². The molecule has 0 aromatic heterocycles. The second-order valence-corrected chi connectivity index (χ2v) is 5.58. The third-order valence-electron chi connectivity index (χ3n) is 3.87. The lowest BCUT2D eigenvalue weighted by atomic mass is 9.93. The molecule has 0 spiro atoms. The van der Waals surface area contributed by atoms with Crippen molar-refractivity contribution in [2.24, 2.45) is 0 Å². The molecule has 1 aliphatic heterocycles. The van der Waals surface area contributed by atoms with Gasteiger partial charge in [0.05, 0.1) is 4.92 Å². The quantitative estimate of drug-likeness (QED) is 0.521. The van der Waals surface area contributed by atoms with E-state index in [1.807, 2.05) is 0 Å². The maximum atomic E-state index is 12.2. The summed E-state index contributed by atoms with van der Waals surface area (Å²) in [5.74, 6) is -0.0281. The molecule has 1 saturated heterocycles. The van der Waals surface area contributed by atoms with E-state index in [9.17, 15) is 14.9 Å². The summed E-state index contributed by atoms with van der Waals surface area (Å²) in [5.41, 5.74) is 1.03. The van der Waals surface area contributed by atoms with Crippen LogP contribution in [0.25, 0.3) is 0 Å². The molecule has 20 heavy (non-hydrogen) atoms.